The lowest BCUT2D eigenvalue weighted by Crippen LogP contribution is -2.38. The maximum atomic E-state index is 5.93. The molecule has 0 saturated heterocycles. The van der Waals surface area contributed by atoms with E-state index in [1.54, 1.807) is 0 Å². The molecule has 2 N–H and O–H groups in total. The molecular formula is C26H53N3. The molecule has 1 rings (SSSR count). The summed E-state index contributed by atoms with van der Waals surface area (Å²) in [5.41, 5.74) is 5.93. The van der Waals surface area contributed by atoms with Crippen molar-refractivity contribution in [3.63, 3.8) is 0 Å². The molecule has 0 radical (unpaired) electrons. The molecule has 0 fully saturated rings. The van der Waals surface area contributed by atoms with Gasteiger partial charge in [-0.15, -0.1) is 0 Å². The SMILES string of the molecule is CCCCCCCCCCCCCCCCCCCCCC(CN)N1C=NCC1. The van der Waals surface area contributed by atoms with Gasteiger partial charge in [0.1, 0.15) is 0 Å². The highest BCUT2D eigenvalue weighted by atomic mass is 15.2. The molecule has 0 aromatic heterocycles. The summed E-state index contributed by atoms with van der Waals surface area (Å²) in [7, 11) is 0. The van der Waals surface area contributed by atoms with Crippen LogP contribution in [-0.4, -0.2) is 36.9 Å². The smallest absolute Gasteiger partial charge is 0.0854 e. The predicted molar refractivity (Wildman–Crippen MR) is 131 cm³/mol. The van der Waals surface area contributed by atoms with Gasteiger partial charge in [0.05, 0.1) is 12.9 Å². The van der Waals surface area contributed by atoms with Crippen molar-refractivity contribution in [3.8, 4) is 0 Å². The third kappa shape index (κ3) is 15.9. The van der Waals surface area contributed by atoms with Crippen molar-refractivity contribution in [1.29, 1.82) is 0 Å². The van der Waals surface area contributed by atoms with E-state index in [0.29, 0.717) is 6.04 Å². The van der Waals surface area contributed by atoms with Crippen LogP contribution >= 0.6 is 0 Å². The first-order valence-corrected chi connectivity index (χ1v) is 13.3. The Morgan fingerprint density at radius 3 is 1.45 bits per heavy atom. The van der Waals surface area contributed by atoms with E-state index >= 15 is 0 Å². The summed E-state index contributed by atoms with van der Waals surface area (Å²) in [5.74, 6) is 0. The molecule has 0 aliphatic carbocycles. The normalized spacial score (nSPS) is 14.8. The molecule has 3 heteroatoms. The summed E-state index contributed by atoms with van der Waals surface area (Å²) in [6, 6.07) is 0.520. The van der Waals surface area contributed by atoms with Gasteiger partial charge in [0, 0.05) is 19.1 Å². The van der Waals surface area contributed by atoms with Gasteiger partial charge in [-0.1, -0.05) is 129 Å². The van der Waals surface area contributed by atoms with Crippen LogP contribution in [0.4, 0.5) is 0 Å². The Morgan fingerprint density at radius 2 is 1.10 bits per heavy atom. The van der Waals surface area contributed by atoms with Gasteiger partial charge < -0.3 is 10.6 Å². The summed E-state index contributed by atoms with van der Waals surface area (Å²) in [4.78, 5) is 6.65. The van der Waals surface area contributed by atoms with E-state index in [9.17, 15) is 0 Å². The molecule has 0 spiro atoms. The van der Waals surface area contributed by atoms with Gasteiger partial charge in [-0.25, -0.2) is 0 Å². The summed E-state index contributed by atoms with van der Waals surface area (Å²) in [6.07, 6.45) is 30.6. The minimum atomic E-state index is 0.520. The Balaban J connectivity index is 1.71. The van der Waals surface area contributed by atoms with E-state index in [2.05, 4.69) is 16.8 Å². The Kier molecular flexibility index (Phi) is 18.9. The van der Waals surface area contributed by atoms with E-state index in [1.165, 1.54) is 128 Å². The second kappa shape index (κ2) is 20.7. The van der Waals surface area contributed by atoms with Gasteiger partial charge in [-0.05, 0) is 6.42 Å². The average molecular weight is 408 g/mol. The van der Waals surface area contributed by atoms with Gasteiger partial charge in [-0.3, -0.25) is 4.99 Å². The molecule has 1 atom stereocenters. The van der Waals surface area contributed by atoms with Gasteiger partial charge in [-0.2, -0.15) is 0 Å². The number of hydrogen-bond acceptors (Lipinski definition) is 3. The van der Waals surface area contributed by atoms with Crippen LogP contribution in [0.25, 0.3) is 0 Å². The highest BCUT2D eigenvalue weighted by Crippen LogP contribution is 2.16. The number of aliphatic imine (C=N–C) groups is 1. The molecule has 0 bridgehead atoms. The number of rotatable bonds is 22. The van der Waals surface area contributed by atoms with Crippen LogP contribution in [0.15, 0.2) is 4.99 Å². The number of nitrogens with zero attached hydrogens (tertiary/aromatic N) is 2. The number of hydrogen-bond donors (Lipinski definition) is 1. The summed E-state index contributed by atoms with van der Waals surface area (Å²) < 4.78 is 0. The summed E-state index contributed by atoms with van der Waals surface area (Å²) >= 11 is 0. The van der Waals surface area contributed by atoms with Crippen LogP contribution in [-0.2, 0) is 0 Å². The highest BCUT2D eigenvalue weighted by Gasteiger charge is 2.15. The zero-order chi connectivity index (χ0) is 20.8. The van der Waals surface area contributed by atoms with Gasteiger partial charge in [0.2, 0.25) is 0 Å². The van der Waals surface area contributed by atoms with E-state index in [0.717, 1.165) is 19.6 Å². The first-order chi connectivity index (χ1) is 14.4. The van der Waals surface area contributed by atoms with Crippen molar-refractivity contribution in [2.45, 2.75) is 141 Å². The van der Waals surface area contributed by atoms with Crippen LogP contribution in [0.5, 0.6) is 0 Å². The number of unbranched alkanes of at least 4 members (excludes halogenated alkanes) is 18. The first kappa shape index (κ1) is 26.5. The molecule has 1 unspecified atom stereocenters. The maximum absolute atomic E-state index is 5.93. The van der Waals surface area contributed by atoms with Crippen LogP contribution < -0.4 is 5.73 Å². The van der Waals surface area contributed by atoms with Crippen molar-refractivity contribution in [1.82, 2.24) is 4.90 Å². The fourth-order valence-electron chi connectivity index (χ4n) is 4.55. The van der Waals surface area contributed by atoms with Crippen molar-refractivity contribution >= 4 is 6.34 Å². The topological polar surface area (TPSA) is 41.6 Å². The van der Waals surface area contributed by atoms with E-state index in [4.69, 9.17) is 5.73 Å². The molecule has 3 nitrogen and oxygen atoms in total. The van der Waals surface area contributed by atoms with Gasteiger partial charge >= 0.3 is 0 Å². The maximum Gasteiger partial charge on any atom is 0.0854 e. The van der Waals surface area contributed by atoms with Crippen LogP contribution in [0, 0.1) is 0 Å². The lowest BCUT2D eigenvalue weighted by Gasteiger charge is -2.25. The second-order valence-corrected chi connectivity index (χ2v) is 9.30. The quantitative estimate of drug-likeness (QED) is 0.189. The van der Waals surface area contributed by atoms with Crippen LogP contribution in [0.2, 0.25) is 0 Å². The zero-order valence-electron chi connectivity index (χ0n) is 19.9. The minimum Gasteiger partial charge on any atom is -0.357 e. The van der Waals surface area contributed by atoms with E-state index in [-0.39, 0.29) is 0 Å². The van der Waals surface area contributed by atoms with Gasteiger partial charge in [0.25, 0.3) is 0 Å². The molecule has 172 valence electrons. The molecule has 1 aliphatic rings. The van der Waals surface area contributed by atoms with Crippen molar-refractivity contribution in [2.75, 3.05) is 19.6 Å². The first-order valence-electron chi connectivity index (χ1n) is 13.3. The second-order valence-electron chi connectivity index (χ2n) is 9.30. The molecule has 1 aliphatic heterocycles. The predicted octanol–water partition coefficient (Wildman–Crippen LogP) is 7.48. The molecule has 0 amide bonds. The summed E-state index contributed by atoms with van der Waals surface area (Å²) in [5, 5.41) is 0. The average Bonchev–Trinajstić information content (AvgIpc) is 3.27. The van der Waals surface area contributed by atoms with Crippen molar-refractivity contribution in [2.24, 2.45) is 10.7 Å². The lowest BCUT2D eigenvalue weighted by atomic mass is 10.0. The van der Waals surface area contributed by atoms with Crippen molar-refractivity contribution in [3.05, 3.63) is 0 Å². The number of nitrogens with two attached hydrogens (primary N) is 1. The molecule has 0 aromatic rings. The van der Waals surface area contributed by atoms with Gasteiger partial charge in [0.15, 0.2) is 0 Å². The fraction of sp³-hybridized carbons (Fsp3) is 0.962. The third-order valence-electron chi connectivity index (χ3n) is 6.60. The molecule has 0 aromatic carbocycles. The Hall–Kier alpha value is -0.570. The zero-order valence-corrected chi connectivity index (χ0v) is 19.9. The Bertz CT molecular complexity index is 356. The third-order valence-corrected chi connectivity index (χ3v) is 6.60. The molecule has 0 saturated carbocycles. The van der Waals surface area contributed by atoms with E-state index < -0.39 is 0 Å². The molecular weight excluding hydrogens is 354 g/mol. The van der Waals surface area contributed by atoms with Crippen LogP contribution in [0.1, 0.15) is 135 Å². The highest BCUT2D eigenvalue weighted by molar-refractivity contribution is 5.57. The Labute approximate surface area is 183 Å². The standard InChI is InChI=1S/C26H53N3/c1-2-3-4-5-6-7-8-9-10-11-12-13-14-15-16-17-18-19-20-21-26(24-27)29-23-22-28-25-29/h25-26H,2-24,27H2,1H3. The largest absolute Gasteiger partial charge is 0.357 e. The van der Waals surface area contributed by atoms with Crippen LogP contribution in [0.3, 0.4) is 0 Å². The lowest BCUT2D eigenvalue weighted by molar-refractivity contribution is 0.321. The van der Waals surface area contributed by atoms with E-state index in [1.807, 2.05) is 6.34 Å². The summed E-state index contributed by atoms with van der Waals surface area (Å²) in [6.45, 7) is 5.09. The fourth-order valence-corrected chi connectivity index (χ4v) is 4.55. The Morgan fingerprint density at radius 1 is 0.690 bits per heavy atom. The molecule has 1 heterocycles. The monoisotopic (exact) mass is 407 g/mol. The minimum absolute atomic E-state index is 0.520. The van der Waals surface area contributed by atoms with Crippen molar-refractivity contribution < 1.29 is 0 Å². The molecule has 29 heavy (non-hydrogen) atoms.